The van der Waals surface area contributed by atoms with Crippen LogP contribution in [-0.2, 0) is 10.1 Å². The van der Waals surface area contributed by atoms with Crippen molar-refractivity contribution >= 4 is 21.9 Å². The summed E-state index contributed by atoms with van der Waals surface area (Å²) < 4.78 is 28.6. The quantitative estimate of drug-likeness (QED) is 0.288. The molecule has 0 spiro atoms. The fourth-order valence-corrected chi connectivity index (χ4v) is 1.88. The molecular weight excluding hydrogens is 211 g/mol. The normalized spacial score (nSPS) is 10.8. The molecule has 0 aliphatic rings. The van der Waals surface area contributed by atoms with Crippen molar-refractivity contribution in [2.75, 3.05) is 23.9 Å². The van der Waals surface area contributed by atoms with Gasteiger partial charge in [0.05, 0.1) is 12.4 Å². The van der Waals surface area contributed by atoms with Crippen molar-refractivity contribution in [1.29, 1.82) is 0 Å². The predicted molar refractivity (Wildman–Crippen MR) is 46.6 cm³/mol. The summed E-state index contributed by atoms with van der Waals surface area (Å²) in [5.41, 5.74) is 0. The van der Waals surface area contributed by atoms with Crippen LogP contribution < -0.4 is 29.6 Å². The standard InChI is InChI=1S/C5H12O4S2.Na.H/c6-2-4-10-3-1-5-11(7,8)9;;/h6H,1-5H2,(H,7,8,9);;/q;+1;-1. The zero-order chi connectivity index (χ0) is 8.74. The maximum atomic E-state index is 10.2. The van der Waals surface area contributed by atoms with Gasteiger partial charge in [0, 0.05) is 5.75 Å². The van der Waals surface area contributed by atoms with E-state index >= 15 is 0 Å². The van der Waals surface area contributed by atoms with E-state index in [1.54, 1.807) is 0 Å². The molecule has 0 atom stereocenters. The van der Waals surface area contributed by atoms with E-state index in [4.69, 9.17) is 9.66 Å². The second-order valence-corrected chi connectivity index (χ2v) is 4.77. The SMILES string of the molecule is O=S(=O)(O)CCCSCCO.[H-].[Na+]. The third-order valence-electron chi connectivity index (χ3n) is 0.927. The van der Waals surface area contributed by atoms with Crippen molar-refractivity contribution in [2.24, 2.45) is 0 Å². The molecule has 0 fully saturated rings. The Labute approximate surface area is 101 Å². The van der Waals surface area contributed by atoms with Gasteiger partial charge in [-0.1, -0.05) is 0 Å². The Bertz CT molecular complexity index is 185. The van der Waals surface area contributed by atoms with Crippen LogP contribution in [0.25, 0.3) is 0 Å². The molecule has 4 nitrogen and oxygen atoms in total. The molecule has 0 radical (unpaired) electrons. The number of thioether (sulfide) groups is 1. The first kappa shape index (κ1) is 15.7. The summed E-state index contributed by atoms with van der Waals surface area (Å²) in [6.07, 6.45) is 0.434. The molecular formula is C5H13NaO4S2. The second-order valence-electron chi connectivity index (χ2n) is 1.98. The Morgan fingerprint density at radius 1 is 1.33 bits per heavy atom. The van der Waals surface area contributed by atoms with Gasteiger partial charge in [0.1, 0.15) is 0 Å². The maximum Gasteiger partial charge on any atom is 1.00 e. The van der Waals surface area contributed by atoms with Crippen molar-refractivity contribution in [3.63, 3.8) is 0 Å². The molecule has 0 rings (SSSR count). The summed E-state index contributed by atoms with van der Waals surface area (Å²) in [7, 11) is -3.79. The molecule has 12 heavy (non-hydrogen) atoms. The molecule has 0 saturated heterocycles. The van der Waals surface area contributed by atoms with E-state index in [9.17, 15) is 8.42 Å². The van der Waals surface area contributed by atoms with E-state index < -0.39 is 10.1 Å². The summed E-state index contributed by atoms with van der Waals surface area (Å²) in [6.45, 7) is 0.108. The van der Waals surface area contributed by atoms with Crippen LogP contribution in [0.15, 0.2) is 0 Å². The van der Waals surface area contributed by atoms with Gasteiger partial charge in [0.15, 0.2) is 0 Å². The predicted octanol–water partition coefficient (Wildman–Crippen LogP) is -2.89. The van der Waals surface area contributed by atoms with Crippen molar-refractivity contribution < 1.29 is 49.1 Å². The van der Waals surface area contributed by atoms with Gasteiger partial charge in [-0.3, -0.25) is 4.55 Å². The number of rotatable bonds is 6. The minimum Gasteiger partial charge on any atom is -1.00 e. The van der Waals surface area contributed by atoms with E-state index in [-0.39, 0.29) is 43.3 Å². The van der Waals surface area contributed by atoms with E-state index in [0.29, 0.717) is 17.9 Å². The third-order valence-corrected chi connectivity index (χ3v) is 2.78. The first-order valence-electron chi connectivity index (χ1n) is 3.20. The molecule has 0 aromatic heterocycles. The van der Waals surface area contributed by atoms with Crippen LogP contribution in [0, 0.1) is 0 Å². The molecule has 70 valence electrons. The Morgan fingerprint density at radius 3 is 2.33 bits per heavy atom. The number of aliphatic hydroxyl groups is 1. The van der Waals surface area contributed by atoms with Crippen LogP contribution in [-0.4, -0.2) is 41.9 Å². The van der Waals surface area contributed by atoms with Gasteiger partial charge in [0.25, 0.3) is 10.1 Å². The van der Waals surface area contributed by atoms with Crippen LogP contribution in [0.5, 0.6) is 0 Å². The molecule has 0 aliphatic heterocycles. The van der Waals surface area contributed by atoms with Crippen LogP contribution in [0.4, 0.5) is 0 Å². The maximum absolute atomic E-state index is 10.2. The summed E-state index contributed by atoms with van der Waals surface area (Å²) in [4.78, 5) is 0. The summed E-state index contributed by atoms with van der Waals surface area (Å²) in [5, 5.41) is 8.34. The zero-order valence-electron chi connectivity index (χ0n) is 8.06. The summed E-state index contributed by atoms with van der Waals surface area (Å²) in [5.74, 6) is 1.08. The minimum atomic E-state index is -3.79. The smallest absolute Gasteiger partial charge is 1.00 e. The molecule has 2 N–H and O–H groups in total. The Balaban J connectivity index is -0.000000500. The van der Waals surface area contributed by atoms with Gasteiger partial charge in [-0.15, -0.1) is 0 Å². The second kappa shape index (κ2) is 8.80. The van der Waals surface area contributed by atoms with Crippen molar-refractivity contribution in [2.45, 2.75) is 6.42 Å². The van der Waals surface area contributed by atoms with Crippen molar-refractivity contribution in [3.8, 4) is 0 Å². The first-order chi connectivity index (χ1) is 5.06. The van der Waals surface area contributed by atoms with Gasteiger partial charge >= 0.3 is 29.6 Å². The number of hydrogen-bond acceptors (Lipinski definition) is 4. The molecule has 0 aliphatic carbocycles. The minimum absolute atomic E-state index is 0. The number of hydrogen-bond donors (Lipinski definition) is 2. The molecule has 0 amide bonds. The fraction of sp³-hybridized carbons (Fsp3) is 1.00. The van der Waals surface area contributed by atoms with Crippen molar-refractivity contribution in [1.82, 2.24) is 0 Å². The zero-order valence-corrected chi connectivity index (χ0v) is 10.7. The molecule has 7 heteroatoms. The monoisotopic (exact) mass is 224 g/mol. The van der Waals surface area contributed by atoms with Crippen LogP contribution >= 0.6 is 11.8 Å². The van der Waals surface area contributed by atoms with Gasteiger partial charge < -0.3 is 6.53 Å². The van der Waals surface area contributed by atoms with Gasteiger partial charge in [0.2, 0.25) is 0 Å². The summed E-state index contributed by atoms with van der Waals surface area (Å²) >= 11 is 1.47. The summed E-state index contributed by atoms with van der Waals surface area (Å²) in [6, 6.07) is 0. The topological polar surface area (TPSA) is 74.6 Å². The first-order valence-corrected chi connectivity index (χ1v) is 5.96. The van der Waals surface area contributed by atoms with E-state index in [0.717, 1.165) is 0 Å². The Morgan fingerprint density at radius 2 is 1.92 bits per heavy atom. The average molecular weight is 224 g/mol. The van der Waals surface area contributed by atoms with E-state index in [2.05, 4.69) is 0 Å². The Hall–Kier alpha value is 1.22. The molecule has 0 unspecified atom stereocenters. The van der Waals surface area contributed by atoms with Gasteiger partial charge in [-0.05, 0) is 12.2 Å². The van der Waals surface area contributed by atoms with E-state index in [1.165, 1.54) is 11.8 Å². The van der Waals surface area contributed by atoms with Crippen molar-refractivity contribution in [3.05, 3.63) is 0 Å². The fourth-order valence-electron chi connectivity index (χ4n) is 0.510. The molecule has 0 saturated carbocycles. The van der Waals surface area contributed by atoms with E-state index in [1.807, 2.05) is 0 Å². The number of aliphatic hydroxyl groups excluding tert-OH is 1. The van der Waals surface area contributed by atoms with Gasteiger partial charge in [-0.25, -0.2) is 0 Å². The molecule has 0 bridgehead atoms. The van der Waals surface area contributed by atoms with Gasteiger partial charge in [-0.2, -0.15) is 20.2 Å². The van der Waals surface area contributed by atoms with Crippen LogP contribution in [0.3, 0.4) is 0 Å². The largest absolute Gasteiger partial charge is 1.00 e. The molecule has 0 heterocycles. The van der Waals surface area contributed by atoms with Crippen LogP contribution in [0.1, 0.15) is 7.85 Å². The Kier molecular flexibility index (Phi) is 11.5. The molecule has 0 aromatic rings. The average Bonchev–Trinajstić information content (AvgIpc) is 1.85. The van der Waals surface area contributed by atoms with Crippen LogP contribution in [0.2, 0.25) is 0 Å². The molecule has 0 aromatic carbocycles. The third kappa shape index (κ3) is 13.8.